The molecule has 0 spiro atoms. The van der Waals surface area contributed by atoms with Crippen molar-refractivity contribution >= 4 is 34.8 Å². The van der Waals surface area contributed by atoms with E-state index in [2.05, 4.69) is 30.0 Å². The second kappa shape index (κ2) is 9.45. The summed E-state index contributed by atoms with van der Waals surface area (Å²) in [6.07, 6.45) is 0. The van der Waals surface area contributed by atoms with Crippen molar-refractivity contribution in [3.05, 3.63) is 52.4 Å². The van der Waals surface area contributed by atoms with Crippen molar-refractivity contribution in [2.24, 2.45) is 5.92 Å². The van der Waals surface area contributed by atoms with Gasteiger partial charge in [-0.25, -0.2) is 0 Å². The number of hydrogen-bond donors (Lipinski definition) is 3. The summed E-state index contributed by atoms with van der Waals surface area (Å²) in [6.45, 7) is 6.95. The monoisotopic (exact) mass is 395 g/mol. The zero-order valence-corrected chi connectivity index (χ0v) is 16.5. The van der Waals surface area contributed by atoms with Crippen molar-refractivity contribution in [2.45, 2.75) is 27.4 Å². The van der Waals surface area contributed by atoms with Gasteiger partial charge in [0.05, 0.1) is 0 Å². The van der Waals surface area contributed by atoms with Crippen LogP contribution in [-0.2, 0) is 6.61 Å². The van der Waals surface area contributed by atoms with Crippen LogP contribution in [0.15, 0.2) is 34.7 Å². The maximum Gasteiger partial charge on any atom is 0.305 e. The van der Waals surface area contributed by atoms with E-state index in [-0.39, 0.29) is 12.4 Å². The molecule has 0 aliphatic carbocycles. The number of halogens is 1. The molecule has 3 N–H and O–H groups in total. The second-order valence-corrected chi connectivity index (χ2v) is 6.99. The van der Waals surface area contributed by atoms with Gasteiger partial charge in [0.1, 0.15) is 18.1 Å². The number of carbonyl (C=O) groups excluding carboxylic acids is 1. The first-order valence-corrected chi connectivity index (χ1v) is 8.95. The SMILES string of the molecule is Cc1cc(Cl)ccc1OCc1ccc(C(=O)NNC(=S)NCC(C)C)o1. The lowest BCUT2D eigenvalue weighted by atomic mass is 10.2. The minimum atomic E-state index is -0.423. The van der Waals surface area contributed by atoms with E-state index in [9.17, 15) is 4.79 Å². The number of furan rings is 1. The van der Waals surface area contributed by atoms with Gasteiger partial charge in [-0.2, -0.15) is 0 Å². The fraction of sp³-hybridized carbons (Fsp3) is 0.333. The number of benzene rings is 1. The van der Waals surface area contributed by atoms with Crippen LogP contribution in [0, 0.1) is 12.8 Å². The molecular weight excluding hydrogens is 374 g/mol. The Hall–Kier alpha value is -2.25. The lowest BCUT2D eigenvalue weighted by Crippen LogP contribution is -2.47. The number of hydrogen-bond acceptors (Lipinski definition) is 4. The summed E-state index contributed by atoms with van der Waals surface area (Å²) >= 11 is 11.0. The van der Waals surface area contributed by atoms with E-state index in [0.717, 1.165) is 5.56 Å². The average molecular weight is 396 g/mol. The van der Waals surface area contributed by atoms with Gasteiger partial charge in [0.25, 0.3) is 0 Å². The van der Waals surface area contributed by atoms with Crippen molar-refractivity contribution in [1.29, 1.82) is 0 Å². The van der Waals surface area contributed by atoms with E-state index in [1.54, 1.807) is 24.3 Å². The Morgan fingerprint density at radius 2 is 2.04 bits per heavy atom. The number of rotatable bonds is 6. The predicted molar refractivity (Wildman–Crippen MR) is 105 cm³/mol. The van der Waals surface area contributed by atoms with E-state index in [4.69, 9.17) is 33.0 Å². The van der Waals surface area contributed by atoms with Crippen LogP contribution in [0.2, 0.25) is 5.02 Å². The van der Waals surface area contributed by atoms with Crippen LogP contribution in [-0.4, -0.2) is 17.6 Å². The molecule has 1 amide bonds. The molecular formula is C18H22ClN3O3S. The second-order valence-electron chi connectivity index (χ2n) is 6.15. The van der Waals surface area contributed by atoms with E-state index in [1.165, 1.54) is 0 Å². The van der Waals surface area contributed by atoms with E-state index < -0.39 is 5.91 Å². The number of hydrazine groups is 1. The van der Waals surface area contributed by atoms with Crippen LogP contribution < -0.4 is 20.9 Å². The standard InChI is InChI=1S/C18H22ClN3O3S/c1-11(2)9-20-18(26)22-21-17(23)16-7-5-14(25-16)10-24-15-6-4-13(19)8-12(15)3/h4-8,11H,9-10H2,1-3H3,(H,21,23)(H2,20,22,26). The van der Waals surface area contributed by atoms with Crippen LogP contribution in [0.25, 0.3) is 0 Å². The first-order valence-electron chi connectivity index (χ1n) is 8.17. The normalized spacial score (nSPS) is 10.5. The highest BCUT2D eigenvalue weighted by molar-refractivity contribution is 7.80. The molecule has 1 aromatic carbocycles. The molecule has 6 nitrogen and oxygen atoms in total. The van der Waals surface area contributed by atoms with Gasteiger partial charge in [-0.3, -0.25) is 15.6 Å². The molecule has 0 saturated carbocycles. The lowest BCUT2D eigenvalue weighted by Gasteiger charge is -2.12. The van der Waals surface area contributed by atoms with E-state index >= 15 is 0 Å². The number of carbonyl (C=O) groups is 1. The molecule has 0 radical (unpaired) electrons. The summed E-state index contributed by atoms with van der Waals surface area (Å²) in [6, 6.07) is 8.64. The number of ether oxygens (including phenoxy) is 1. The van der Waals surface area contributed by atoms with Crippen LogP contribution in [0.1, 0.15) is 35.7 Å². The molecule has 0 saturated heterocycles. The fourth-order valence-electron chi connectivity index (χ4n) is 2.02. The molecule has 1 aromatic heterocycles. The number of aryl methyl sites for hydroxylation is 1. The first kappa shape index (κ1) is 20.1. The molecule has 26 heavy (non-hydrogen) atoms. The number of amides is 1. The number of thiocarbonyl (C=S) groups is 1. The summed E-state index contributed by atoms with van der Waals surface area (Å²) < 4.78 is 11.2. The van der Waals surface area contributed by atoms with Crippen molar-refractivity contribution in [3.8, 4) is 5.75 Å². The third-order valence-electron chi connectivity index (χ3n) is 3.35. The Labute approximate surface area is 163 Å². The smallest absolute Gasteiger partial charge is 0.305 e. The predicted octanol–water partition coefficient (Wildman–Crippen LogP) is 3.59. The molecule has 0 atom stereocenters. The highest BCUT2D eigenvalue weighted by Gasteiger charge is 2.12. The van der Waals surface area contributed by atoms with Gasteiger partial charge in [0.15, 0.2) is 10.9 Å². The fourth-order valence-corrected chi connectivity index (χ4v) is 2.38. The maximum atomic E-state index is 12.1. The Balaban J connectivity index is 1.82. The minimum absolute atomic E-state index is 0.163. The molecule has 0 bridgehead atoms. The first-order chi connectivity index (χ1) is 12.3. The molecule has 0 unspecified atom stereocenters. The molecule has 0 aliphatic rings. The molecule has 2 aromatic rings. The zero-order chi connectivity index (χ0) is 19.1. The third kappa shape index (κ3) is 6.24. The van der Waals surface area contributed by atoms with Crippen molar-refractivity contribution in [3.63, 3.8) is 0 Å². The summed E-state index contributed by atoms with van der Waals surface area (Å²) in [7, 11) is 0. The highest BCUT2D eigenvalue weighted by atomic mass is 35.5. The summed E-state index contributed by atoms with van der Waals surface area (Å²) in [5.41, 5.74) is 6.04. The van der Waals surface area contributed by atoms with Gasteiger partial charge in [-0.05, 0) is 61.0 Å². The summed E-state index contributed by atoms with van der Waals surface area (Å²) in [5, 5.41) is 3.99. The summed E-state index contributed by atoms with van der Waals surface area (Å²) in [4.78, 5) is 12.1. The molecule has 1 heterocycles. The minimum Gasteiger partial charge on any atom is -0.485 e. The van der Waals surface area contributed by atoms with Gasteiger partial charge < -0.3 is 14.5 Å². The Kier molecular flexibility index (Phi) is 7.29. The molecule has 140 valence electrons. The van der Waals surface area contributed by atoms with Crippen molar-refractivity contribution < 1.29 is 13.9 Å². The topological polar surface area (TPSA) is 75.5 Å². The van der Waals surface area contributed by atoms with Crippen LogP contribution in [0.3, 0.4) is 0 Å². The molecule has 8 heteroatoms. The van der Waals surface area contributed by atoms with Gasteiger partial charge in [-0.1, -0.05) is 25.4 Å². The van der Waals surface area contributed by atoms with Gasteiger partial charge >= 0.3 is 5.91 Å². The van der Waals surface area contributed by atoms with Crippen LogP contribution in [0.5, 0.6) is 5.75 Å². The largest absolute Gasteiger partial charge is 0.485 e. The Morgan fingerprint density at radius 1 is 1.27 bits per heavy atom. The van der Waals surface area contributed by atoms with Crippen molar-refractivity contribution in [1.82, 2.24) is 16.2 Å². The Morgan fingerprint density at radius 3 is 2.73 bits per heavy atom. The molecule has 2 rings (SSSR count). The van der Waals surface area contributed by atoms with Crippen molar-refractivity contribution in [2.75, 3.05) is 6.54 Å². The maximum absolute atomic E-state index is 12.1. The molecule has 0 aliphatic heterocycles. The van der Waals surface area contributed by atoms with Gasteiger partial charge in [-0.15, -0.1) is 0 Å². The number of nitrogens with one attached hydrogen (secondary N) is 3. The lowest BCUT2D eigenvalue weighted by molar-refractivity contribution is 0.0911. The average Bonchev–Trinajstić information content (AvgIpc) is 3.06. The highest BCUT2D eigenvalue weighted by Crippen LogP contribution is 2.23. The third-order valence-corrected chi connectivity index (χ3v) is 3.83. The van der Waals surface area contributed by atoms with E-state index in [0.29, 0.717) is 34.1 Å². The summed E-state index contributed by atoms with van der Waals surface area (Å²) in [5.74, 6) is 1.43. The van der Waals surface area contributed by atoms with E-state index in [1.807, 2.05) is 13.0 Å². The van der Waals surface area contributed by atoms with Gasteiger partial charge in [0, 0.05) is 11.6 Å². The van der Waals surface area contributed by atoms with Crippen LogP contribution in [0.4, 0.5) is 0 Å². The molecule has 0 fully saturated rings. The quantitative estimate of drug-likeness (QED) is 0.512. The zero-order valence-electron chi connectivity index (χ0n) is 14.9. The van der Waals surface area contributed by atoms with Crippen LogP contribution >= 0.6 is 23.8 Å². The Bertz CT molecular complexity index is 777. The van der Waals surface area contributed by atoms with Gasteiger partial charge in [0.2, 0.25) is 0 Å².